The van der Waals surface area contributed by atoms with Gasteiger partial charge in [0.2, 0.25) is 0 Å². The van der Waals surface area contributed by atoms with Crippen LogP contribution in [0.4, 0.5) is 5.69 Å². The topological polar surface area (TPSA) is 68.1 Å². The summed E-state index contributed by atoms with van der Waals surface area (Å²) >= 11 is 3.42. The van der Waals surface area contributed by atoms with Gasteiger partial charge in [-0.25, -0.2) is 14.6 Å². The summed E-state index contributed by atoms with van der Waals surface area (Å²) in [7, 11) is 0. The largest absolute Gasteiger partial charge is 0.268 e. The molecule has 0 spiro atoms. The van der Waals surface area contributed by atoms with Crippen molar-refractivity contribution in [1.82, 2.24) is 14.8 Å². The number of imide groups is 1. The number of rotatable bonds is 2. The van der Waals surface area contributed by atoms with Crippen molar-refractivity contribution in [1.29, 1.82) is 0 Å². The van der Waals surface area contributed by atoms with Gasteiger partial charge in [0, 0.05) is 10.7 Å². The molecule has 2 aromatic carbocycles. The number of carbonyl (C=O) groups is 2. The monoisotopic (exact) mass is 432 g/mol. The van der Waals surface area contributed by atoms with Crippen LogP contribution in [0.15, 0.2) is 65.3 Å². The highest BCUT2D eigenvalue weighted by Crippen LogP contribution is 2.34. The van der Waals surface area contributed by atoms with Gasteiger partial charge in [-0.05, 0) is 43.3 Å². The van der Waals surface area contributed by atoms with E-state index in [1.54, 1.807) is 28.9 Å². The molecule has 3 heterocycles. The molecule has 0 fully saturated rings. The molecule has 0 bridgehead atoms. The van der Waals surface area contributed by atoms with Crippen LogP contribution >= 0.6 is 15.9 Å². The molecule has 5 rings (SSSR count). The van der Waals surface area contributed by atoms with E-state index in [0.29, 0.717) is 33.5 Å². The van der Waals surface area contributed by atoms with Crippen molar-refractivity contribution in [2.24, 2.45) is 0 Å². The highest BCUT2D eigenvalue weighted by atomic mass is 79.9. The minimum atomic E-state index is -0.364. The highest BCUT2D eigenvalue weighted by Gasteiger charge is 2.39. The third-order valence-corrected chi connectivity index (χ3v) is 5.34. The number of aromatic nitrogens is 3. The third-order valence-electron chi connectivity index (χ3n) is 4.81. The number of halogens is 1. The first-order chi connectivity index (χ1) is 13.6. The van der Waals surface area contributed by atoms with Crippen LogP contribution in [-0.4, -0.2) is 26.6 Å². The van der Waals surface area contributed by atoms with E-state index in [9.17, 15) is 9.59 Å². The molecular weight excluding hydrogens is 420 g/mol. The van der Waals surface area contributed by atoms with E-state index in [2.05, 4.69) is 26.0 Å². The molecule has 136 valence electrons. The predicted octanol–water partition coefficient (Wildman–Crippen LogP) is 4.29. The number of carbonyl (C=O) groups excluding carboxylic acids is 2. The van der Waals surface area contributed by atoms with Gasteiger partial charge in [-0.1, -0.05) is 34.1 Å². The first-order valence-electron chi connectivity index (χ1n) is 8.64. The number of nitrogens with zero attached hydrogens (tertiary/aromatic N) is 4. The lowest BCUT2D eigenvalue weighted by Crippen LogP contribution is -2.29. The Labute approximate surface area is 168 Å². The SMILES string of the molecule is Cc1nn(-c2ccc(Br)cc2)c2ncc3c(c12)C(=O)N(c1ccccc1)C3=O. The zero-order valence-corrected chi connectivity index (χ0v) is 16.3. The van der Waals surface area contributed by atoms with E-state index in [4.69, 9.17) is 0 Å². The van der Waals surface area contributed by atoms with Gasteiger partial charge in [-0.15, -0.1) is 0 Å². The standard InChI is InChI=1S/C21H13BrN4O2/c1-12-17-18-16(20(27)25(21(18)28)14-5-3-2-4-6-14)11-23-19(17)26(24-12)15-9-7-13(22)8-10-15/h2-11H,1H3. The number of aryl methyl sites for hydroxylation is 1. The van der Waals surface area contributed by atoms with Gasteiger partial charge in [0.05, 0.1) is 33.6 Å². The van der Waals surface area contributed by atoms with Crippen molar-refractivity contribution in [3.63, 3.8) is 0 Å². The molecule has 0 unspecified atom stereocenters. The molecule has 1 aliphatic rings. The lowest BCUT2D eigenvalue weighted by Gasteiger charge is -2.13. The Bertz CT molecular complexity index is 1260. The Balaban J connectivity index is 1.73. The van der Waals surface area contributed by atoms with Crippen LogP contribution in [0.2, 0.25) is 0 Å². The van der Waals surface area contributed by atoms with Gasteiger partial charge < -0.3 is 0 Å². The molecule has 0 aliphatic carbocycles. The van der Waals surface area contributed by atoms with Crippen LogP contribution in [0.1, 0.15) is 26.4 Å². The number of benzene rings is 2. The molecule has 0 saturated heterocycles. The van der Waals surface area contributed by atoms with Gasteiger partial charge in [0.25, 0.3) is 11.8 Å². The summed E-state index contributed by atoms with van der Waals surface area (Å²) in [6, 6.07) is 16.6. The molecular formula is C21H13BrN4O2. The fraction of sp³-hybridized carbons (Fsp3) is 0.0476. The van der Waals surface area contributed by atoms with Gasteiger partial charge >= 0.3 is 0 Å². The molecule has 0 saturated carbocycles. The first kappa shape index (κ1) is 16.8. The second-order valence-electron chi connectivity index (χ2n) is 6.50. The molecule has 7 heteroatoms. The van der Waals surface area contributed by atoms with E-state index < -0.39 is 0 Å². The minimum absolute atomic E-state index is 0.305. The zero-order chi connectivity index (χ0) is 19.4. The van der Waals surface area contributed by atoms with Gasteiger partial charge in [-0.2, -0.15) is 5.10 Å². The minimum Gasteiger partial charge on any atom is -0.268 e. The number of hydrogen-bond acceptors (Lipinski definition) is 4. The second kappa shape index (κ2) is 6.10. The molecule has 6 nitrogen and oxygen atoms in total. The van der Waals surface area contributed by atoms with E-state index in [1.165, 1.54) is 11.1 Å². The van der Waals surface area contributed by atoms with Gasteiger partial charge in [0.1, 0.15) is 0 Å². The summed E-state index contributed by atoms with van der Waals surface area (Å²) in [5.41, 5.74) is 3.23. The Morgan fingerprint density at radius 1 is 0.893 bits per heavy atom. The zero-order valence-electron chi connectivity index (χ0n) is 14.8. The van der Waals surface area contributed by atoms with E-state index in [1.807, 2.05) is 37.3 Å². The highest BCUT2D eigenvalue weighted by molar-refractivity contribution is 9.10. The summed E-state index contributed by atoms with van der Waals surface area (Å²) in [5.74, 6) is -0.714. The lowest BCUT2D eigenvalue weighted by molar-refractivity contribution is 0.0926. The van der Waals surface area contributed by atoms with Crippen molar-refractivity contribution in [3.8, 4) is 5.69 Å². The molecule has 0 radical (unpaired) electrons. The maximum absolute atomic E-state index is 13.2. The van der Waals surface area contributed by atoms with E-state index in [-0.39, 0.29) is 11.8 Å². The van der Waals surface area contributed by atoms with Crippen LogP contribution in [0, 0.1) is 6.92 Å². The van der Waals surface area contributed by atoms with Crippen molar-refractivity contribution in [2.75, 3.05) is 4.90 Å². The van der Waals surface area contributed by atoms with Crippen molar-refractivity contribution in [3.05, 3.63) is 82.1 Å². The number of anilines is 1. The molecule has 2 amide bonds. The van der Waals surface area contributed by atoms with E-state index in [0.717, 1.165) is 10.2 Å². The molecule has 2 aromatic heterocycles. The lowest BCUT2D eigenvalue weighted by atomic mass is 10.1. The van der Waals surface area contributed by atoms with E-state index >= 15 is 0 Å². The number of hydrogen-bond donors (Lipinski definition) is 0. The average Bonchev–Trinajstić information content (AvgIpc) is 3.17. The van der Waals surface area contributed by atoms with Crippen LogP contribution in [0.25, 0.3) is 16.7 Å². The van der Waals surface area contributed by atoms with Gasteiger partial charge in [-0.3, -0.25) is 9.59 Å². The summed E-state index contributed by atoms with van der Waals surface area (Å²) in [6.07, 6.45) is 1.47. The van der Waals surface area contributed by atoms with Crippen molar-refractivity contribution < 1.29 is 9.59 Å². The molecule has 4 aromatic rings. The second-order valence-corrected chi connectivity index (χ2v) is 7.42. The van der Waals surface area contributed by atoms with Gasteiger partial charge in [0.15, 0.2) is 5.65 Å². The van der Waals surface area contributed by atoms with Crippen molar-refractivity contribution >= 4 is 44.5 Å². The Morgan fingerprint density at radius 2 is 1.61 bits per heavy atom. The van der Waals surface area contributed by atoms with Crippen LogP contribution in [-0.2, 0) is 0 Å². The number of fused-ring (bicyclic) bond motifs is 3. The quantitative estimate of drug-likeness (QED) is 0.443. The number of para-hydroxylation sites is 1. The predicted molar refractivity (Wildman–Crippen MR) is 109 cm³/mol. The smallest absolute Gasteiger partial charge is 0.267 e. The average molecular weight is 433 g/mol. The molecule has 0 N–H and O–H groups in total. The Kier molecular flexibility index (Phi) is 3.67. The maximum Gasteiger partial charge on any atom is 0.267 e. The number of pyridine rings is 1. The number of amides is 2. The third kappa shape index (κ3) is 2.33. The fourth-order valence-electron chi connectivity index (χ4n) is 3.53. The summed E-state index contributed by atoms with van der Waals surface area (Å²) in [5, 5.41) is 5.19. The molecule has 0 atom stereocenters. The summed E-state index contributed by atoms with van der Waals surface area (Å²) < 4.78 is 2.65. The molecule has 28 heavy (non-hydrogen) atoms. The fourth-order valence-corrected chi connectivity index (χ4v) is 3.80. The summed E-state index contributed by atoms with van der Waals surface area (Å²) in [4.78, 5) is 31.8. The maximum atomic E-state index is 13.2. The first-order valence-corrected chi connectivity index (χ1v) is 9.43. The van der Waals surface area contributed by atoms with Crippen LogP contribution in [0.5, 0.6) is 0 Å². The Hall–Kier alpha value is -3.32. The normalized spacial score (nSPS) is 13.4. The van der Waals surface area contributed by atoms with Crippen molar-refractivity contribution in [2.45, 2.75) is 6.92 Å². The van der Waals surface area contributed by atoms with Crippen LogP contribution < -0.4 is 4.90 Å². The summed E-state index contributed by atoms with van der Waals surface area (Å²) in [6.45, 7) is 1.82. The Morgan fingerprint density at radius 3 is 2.32 bits per heavy atom. The molecule has 1 aliphatic heterocycles. The van der Waals surface area contributed by atoms with Crippen LogP contribution in [0.3, 0.4) is 0 Å².